The number of nitro groups is 1. The van der Waals surface area contributed by atoms with Gasteiger partial charge in [-0.05, 0) is 22.0 Å². The number of hydrogen-bond acceptors (Lipinski definition) is 3. The van der Waals surface area contributed by atoms with E-state index in [2.05, 4.69) is 15.9 Å². The molecule has 6 heteroatoms. The van der Waals surface area contributed by atoms with Gasteiger partial charge in [0.1, 0.15) is 11.3 Å². The van der Waals surface area contributed by atoms with Gasteiger partial charge in [0, 0.05) is 16.1 Å². The highest BCUT2D eigenvalue weighted by Crippen LogP contribution is 2.32. The molecule has 0 aromatic heterocycles. The Labute approximate surface area is 86.8 Å². The quantitative estimate of drug-likeness (QED) is 0.469. The summed E-state index contributed by atoms with van der Waals surface area (Å²) in [5.41, 5.74) is -0.0684. The molecule has 0 atom stereocenters. The van der Waals surface area contributed by atoms with E-state index in [1.165, 1.54) is 6.07 Å². The van der Waals surface area contributed by atoms with Gasteiger partial charge in [0.15, 0.2) is 0 Å². The normalized spacial score (nSPS) is 9.69. The molecule has 0 radical (unpaired) electrons. The van der Waals surface area contributed by atoms with Crippen molar-refractivity contribution in [2.75, 3.05) is 0 Å². The van der Waals surface area contributed by atoms with Crippen LogP contribution in [0.3, 0.4) is 0 Å². The molecule has 1 aromatic rings. The van der Waals surface area contributed by atoms with Crippen LogP contribution < -0.4 is 0 Å². The van der Waals surface area contributed by atoms with E-state index in [1.54, 1.807) is 0 Å². The predicted octanol–water partition coefficient (Wildman–Crippen LogP) is 2.82. The Morgan fingerprint density at radius 2 is 2.15 bits per heavy atom. The minimum absolute atomic E-state index is 0.00407. The summed E-state index contributed by atoms with van der Waals surface area (Å²) in [5, 5.41) is 10.4. The Hall–Kier alpha value is -0.940. The Morgan fingerprint density at radius 3 is 2.62 bits per heavy atom. The molecule has 0 aliphatic heterocycles. The van der Waals surface area contributed by atoms with Crippen LogP contribution in [0.5, 0.6) is 0 Å². The lowest BCUT2D eigenvalue weighted by Gasteiger charge is -1.98. The van der Waals surface area contributed by atoms with Crippen LogP contribution in [0, 0.1) is 10.1 Å². The highest BCUT2D eigenvalue weighted by Gasteiger charge is 2.16. The number of nitro benzene ring substituents is 1. The number of nitrogens with zero attached hydrogens (tertiary/aromatic N) is 1. The van der Waals surface area contributed by atoms with Crippen LogP contribution in [0.15, 0.2) is 16.6 Å². The first-order valence-electron chi connectivity index (χ1n) is 3.15. The van der Waals surface area contributed by atoms with E-state index in [1.807, 2.05) is 0 Å². The summed E-state index contributed by atoms with van der Waals surface area (Å²) in [4.78, 5) is 20.1. The summed E-state index contributed by atoms with van der Waals surface area (Å²) >= 11 is 8.62. The second-order valence-electron chi connectivity index (χ2n) is 2.21. The average molecular weight is 264 g/mol. The zero-order valence-corrected chi connectivity index (χ0v) is 8.50. The Morgan fingerprint density at radius 1 is 1.54 bits per heavy atom. The molecule has 0 saturated heterocycles. The minimum atomic E-state index is -0.639. The molecule has 0 aliphatic rings. The smallest absolute Gasteiger partial charge is 0.289 e. The van der Waals surface area contributed by atoms with Gasteiger partial charge < -0.3 is 0 Å². The van der Waals surface area contributed by atoms with Crippen molar-refractivity contribution >= 4 is 39.5 Å². The standard InChI is InChI=1S/C7H3BrClNO3/c8-5-1-4(3-11)2-6(7(5)9)10(12)13/h1-3H. The summed E-state index contributed by atoms with van der Waals surface area (Å²) < 4.78 is 0.338. The van der Waals surface area contributed by atoms with Gasteiger partial charge in [0.05, 0.1) is 4.92 Å². The van der Waals surface area contributed by atoms with Gasteiger partial charge in [-0.2, -0.15) is 0 Å². The molecule has 0 spiro atoms. The van der Waals surface area contributed by atoms with Gasteiger partial charge in [-0.3, -0.25) is 14.9 Å². The van der Waals surface area contributed by atoms with Crippen molar-refractivity contribution in [2.45, 2.75) is 0 Å². The van der Waals surface area contributed by atoms with Gasteiger partial charge in [-0.25, -0.2) is 0 Å². The molecular weight excluding hydrogens is 261 g/mol. The van der Waals surface area contributed by atoms with E-state index >= 15 is 0 Å². The second-order valence-corrected chi connectivity index (χ2v) is 3.44. The van der Waals surface area contributed by atoms with E-state index in [9.17, 15) is 14.9 Å². The van der Waals surface area contributed by atoms with E-state index in [0.29, 0.717) is 10.8 Å². The van der Waals surface area contributed by atoms with E-state index < -0.39 is 4.92 Å². The molecule has 68 valence electrons. The fraction of sp³-hybridized carbons (Fsp3) is 0. The van der Waals surface area contributed by atoms with Gasteiger partial charge in [0.2, 0.25) is 0 Å². The maximum atomic E-state index is 10.4. The lowest BCUT2D eigenvalue weighted by Crippen LogP contribution is -1.92. The van der Waals surface area contributed by atoms with Crippen molar-refractivity contribution in [3.63, 3.8) is 0 Å². The monoisotopic (exact) mass is 263 g/mol. The zero-order chi connectivity index (χ0) is 10.0. The molecule has 1 aromatic carbocycles. The third-order valence-corrected chi connectivity index (χ3v) is 2.62. The highest BCUT2D eigenvalue weighted by molar-refractivity contribution is 9.10. The van der Waals surface area contributed by atoms with Gasteiger partial charge in [0.25, 0.3) is 5.69 Å². The molecule has 0 N–H and O–H groups in total. The maximum Gasteiger partial charge on any atom is 0.289 e. The highest BCUT2D eigenvalue weighted by atomic mass is 79.9. The van der Waals surface area contributed by atoms with Crippen LogP contribution in [0.2, 0.25) is 5.02 Å². The first-order valence-corrected chi connectivity index (χ1v) is 4.32. The van der Waals surface area contributed by atoms with Gasteiger partial charge in [-0.1, -0.05) is 11.6 Å². The first-order chi connectivity index (χ1) is 6.06. The Balaban J connectivity index is 3.41. The summed E-state index contributed by atoms with van der Waals surface area (Å²) in [7, 11) is 0. The van der Waals surface area contributed by atoms with E-state index in [0.717, 1.165) is 6.07 Å². The zero-order valence-electron chi connectivity index (χ0n) is 6.16. The van der Waals surface area contributed by atoms with Crippen molar-refractivity contribution in [3.8, 4) is 0 Å². The number of hydrogen-bond donors (Lipinski definition) is 0. The van der Waals surface area contributed by atoms with Crippen LogP contribution in [0.25, 0.3) is 0 Å². The number of aldehydes is 1. The SMILES string of the molecule is O=Cc1cc(Br)c(Cl)c([N+](=O)[O-])c1. The van der Waals surface area contributed by atoms with Crippen molar-refractivity contribution in [1.29, 1.82) is 0 Å². The van der Waals surface area contributed by atoms with Crippen molar-refractivity contribution in [3.05, 3.63) is 37.3 Å². The topological polar surface area (TPSA) is 60.2 Å². The summed E-state index contributed by atoms with van der Waals surface area (Å²) in [6, 6.07) is 2.54. The fourth-order valence-corrected chi connectivity index (χ4v) is 1.44. The van der Waals surface area contributed by atoms with Gasteiger partial charge >= 0.3 is 0 Å². The molecule has 0 unspecified atom stereocenters. The van der Waals surface area contributed by atoms with Crippen LogP contribution in [-0.2, 0) is 0 Å². The molecule has 13 heavy (non-hydrogen) atoms. The molecule has 4 nitrogen and oxygen atoms in total. The lowest BCUT2D eigenvalue weighted by atomic mass is 10.2. The minimum Gasteiger partial charge on any atom is -0.298 e. The molecule has 1 rings (SSSR count). The van der Waals surface area contributed by atoms with E-state index in [4.69, 9.17) is 11.6 Å². The van der Waals surface area contributed by atoms with E-state index in [-0.39, 0.29) is 16.3 Å². The summed E-state index contributed by atoms with van der Waals surface area (Å²) in [6.07, 6.45) is 0.522. The van der Waals surface area contributed by atoms with Crippen LogP contribution in [0.1, 0.15) is 10.4 Å². The largest absolute Gasteiger partial charge is 0.298 e. The van der Waals surface area contributed by atoms with Crippen molar-refractivity contribution in [2.24, 2.45) is 0 Å². The maximum absolute atomic E-state index is 10.4. The molecule has 0 amide bonds. The summed E-state index contributed by atoms with van der Waals surface area (Å²) in [6.45, 7) is 0. The van der Waals surface area contributed by atoms with Gasteiger partial charge in [-0.15, -0.1) is 0 Å². The number of carbonyl (C=O) groups excluding carboxylic acids is 1. The Kier molecular flexibility index (Phi) is 3.00. The molecule has 0 fully saturated rings. The first kappa shape index (κ1) is 10.1. The number of benzene rings is 1. The number of halogens is 2. The number of rotatable bonds is 2. The molecule has 0 bridgehead atoms. The van der Waals surface area contributed by atoms with Crippen LogP contribution in [-0.4, -0.2) is 11.2 Å². The molecule has 0 aliphatic carbocycles. The van der Waals surface area contributed by atoms with Crippen LogP contribution >= 0.6 is 27.5 Å². The second kappa shape index (κ2) is 3.85. The third kappa shape index (κ3) is 2.05. The summed E-state index contributed by atoms with van der Waals surface area (Å²) in [5.74, 6) is 0. The van der Waals surface area contributed by atoms with Crippen LogP contribution in [0.4, 0.5) is 5.69 Å². The average Bonchev–Trinajstić information content (AvgIpc) is 2.09. The molecule has 0 heterocycles. The third-order valence-electron chi connectivity index (χ3n) is 1.36. The predicted molar refractivity (Wildman–Crippen MR) is 51.2 cm³/mol. The molecule has 0 saturated carbocycles. The fourth-order valence-electron chi connectivity index (χ4n) is 0.796. The lowest BCUT2D eigenvalue weighted by molar-refractivity contribution is -0.384. The van der Waals surface area contributed by atoms with Crippen molar-refractivity contribution < 1.29 is 9.72 Å². The van der Waals surface area contributed by atoms with Crippen molar-refractivity contribution in [1.82, 2.24) is 0 Å². The molecular formula is C7H3BrClNO3. The Bertz CT molecular complexity index is 380. The number of carbonyl (C=O) groups is 1.